The molecule has 3 heterocycles. The number of aromatic nitrogens is 2. The van der Waals surface area contributed by atoms with Crippen LogP contribution in [0, 0.1) is 5.92 Å². The molecule has 0 fully saturated rings. The molecule has 0 spiro atoms. The van der Waals surface area contributed by atoms with Gasteiger partial charge in [0.1, 0.15) is 12.4 Å². The summed E-state index contributed by atoms with van der Waals surface area (Å²) in [6.45, 7) is 3.51. The third-order valence-corrected chi connectivity index (χ3v) is 5.30. The highest BCUT2D eigenvalue weighted by Gasteiger charge is 2.17. The Morgan fingerprint density at radius 1 is 1.23 bits per heavy atom. The van der Waals surface area contributed by atoms with Crippen LogP contribution >= 0.6 is 0 Å². The molecule has 0 aromatic carbocycles. The monoisotopic (exact) mass is 412 g/mol. The van der Waals surface area contributed by atoms with E-state index in [-0.39, 0.29) is 5.92 Å². The summed E-state index contributed by atoms with van der Waals surface area (Å²) in [6.07, 6.45) is 6.17. The van der Waals surface area contributed by atoms with Crippen molar-refractivity contribution in [3.05, 3.63) is 53.5 Å². The second-order valence-corrected chi connectivity index (χ2v) is 7.23. The molecule has 1 aliphatic heterocycles. The lowest BCUT2D eigenvalue weighted by Gasteiger charge is -2.21. The molecule has 7 nitrogen and oxygen atoms in total. The van der Waals surface area contributed by atoms with E-state index in [0.29, 0.717) is 50.7 Å². The van der Waals surface area contributed by atoms with Gasteiger partial charge >= 0.3 is 5.97 Å². The second-order valence-electron chi connectivity index (χ2n) is 7.23. The number of ether oxygens (including phenoxy) is 3. The van der Waals surface area contributed by atoms with Gasteiger partial charge in [-0.25, -0.2) is 4.98 Å². The number of methoxy groups -OCH3 is 1. The molecule has 1 unspecified atom stereocenters. The Morgan fingerprint density at radius 3 is 2.73 bits per heavy atom. The zero-order valence-electron chi connectivity index (χ0n) is 17.5. The van der Waals surface area contributed by atoms with Crippen LogP contribution in [0.5, 0.6) is 11.6 Å². The normalized spacial score (nSPS) is 15.0. The lowest BCUT2D eigenvalue weighted by Crippen LogP contribution is -2.16. The Bertz CT molecular complexity index is 862. The first kappa shape index (κ1) is 21.8. The van der Waals surface area contributed by atoms with Gasteiger partial charge in [-0.2, -0.15) is 0 Å². The maximum absolute atomic E-state index is 11.1. The molecule has 0 saturated heterocycles. The first-order chi connectivity index (χ1) is 14.6. The lowest BCUT2D eigenvalue weighted by molar-refractivity contribution is -0.142. The van der Waals surface area contributed by atoms with Crippen molar-refractivity contribution < 1.29 is 24.1 Å². The molecule has 2 aromatic heterocycles. The van der Waals surface area contributed by atoms with Gasteiger partial charge in [0.15, 0.2) is 0 Å². The van der Waals surface area contributed by atoms with Crippen LogP contribution in [0.1, 0.15) is 37.4 Å². The van der Waals surface area contributed by atoms with Gasteiger partial charge in [0.25, 0.3) is 0 Å². The Hall–Kier alpha value is -2.93. The van der Waals surface area contributed by atoms with E-state index in [1.807, 2.05) is 37.4 Å². The zero-order valence-corrected chi connectivity index (χ0v) is 17.5. The van der Waals surface area contributed by atoms with Gasteiger partial charge in [-0.3, -0.25) is 9.78 Å². The van der Waals surface area contributed by atoms with Crippen LogP contribution in [0.4, 0.5) is 0 Å². The average Bonchev–Trinajstić information content (AvgIpc) is 2.79. The van der Waals surface area contributed by atoms with Crippen LogP contribution in [-0.2, 0) is 16.0 Å². The van der Waals surface area contributed by atoms with Crippen molar-refractivity contribution in [3.8, 4) is 11.6 Å². The number of hydrogen-bond acceptors (Lipinski definition) is 6. The molecule has 160 valence electrons. The van der Waals surface area contributed by atoms with Crippen molar-refractivity contribution in [2.75, 3.05) is 26.9 Å². The second kappa shape index (κ2) is 10.7. The van der Waals surface area contributed by atoms with E-state index < -0.39 is 5.97 Å². The van der Waals surface area contributed by atoms with E-state index in [9.17, 15) is 4.79 Å². The summed E-state index contributed by atoms with van der Waals surface area (Å²) in [5, 5.41) is 9.15. The van der Waals surface area contributed by atoms with Crippen LogP contribution in [0.25, 0.3) is 5.57 Å². The summed E-state index contributed by atoms with van der Waals surface area (Å²) in [7, 11) is 1.60. The average molecular weight is 412 g/mol. The van der Waals surface area contributed by atoms with Crippen molar-refractivity contribution >= 4 is 11.5 Å². The molecule has 7 heteroatoms. The highest BCUT2D eigenvalue weighted by atomic mass is 16.5. The van der Waals surface area contributed by atoms with Crippen molar-refractivity contribution in [2.45, 2.75) is 32.6 Å². The minimum Gasteiger partial charge on any atom is -0.488 e. The number of aliphatic carboxylic acids is 1. The van der Waals surface area contributed by atoms with Gasteiger partial charge in [0.05, 0.1) is 32.4 Å². The van der Waals surface area contributed by atoms with Crippen LogP contribution in [-0.4, -0.2) is 48.0 Å². The van der Waals surface area contributed by atoms with Gasteiger partial charge in [-0.05, 0) is 60.6 Å². The van der Waals surface area contributed by atoms with Crippen LogP contribution < -0.4 is 9.47 Å². The van der Waals surface area contributed by atoms with E-state index in [1.165, 1.54) is 5.57 Å². The summed E-state index contributed by atoms with van der Waals surface area (Å²) in [5.41, 5.74) is 4.20. The largest absolute Gasteiger partial charge is 0.488 e. The minimum absolute atomic E-state index is 0.327. The molecular formula is C23H28N2O5. The molecule has 0 amide bonds. The van der Waals surface area contributed by atoms with Crippen LogP contribution in [0.15, 0.2) is 42.2 Å². The summed E-state index contributed by atoms with van der Waals surface area (Å²) in [6, 6.07) is 7.63. The number of aryl methyl sites for hydroxylation is 1. The third-order valence-electron chi connectivity index (χ3n) is 5.30. The molecule has 0 radical (unpaired) electrons. The summed E-state index contributed by atoms with van der Waals surface area (Å²) >= 11 is 0. The number of carboxylic acids is 1. The van der Waals surface area contributed by atoms with Gasteiger partial charge in [-0.1, -0.05) is 6.92 Å². The molecular weight excluding hydrogens is 384 g/mol. The Balaban J connectivity index is 1.61. The standard InChI is InChI=1S/C23H28N2O5/c1-3-16(23(26)27)4-6-19-7-8-20(13-24-19)30-15-18-14-29-11-10-21(18)17-5-9-22(28-2)25-12-17/h5,7-9,12-13,16H,3-4,6,10-11,14-15H2,1-2H3,(H,26,27). The van der Waals surface area contributed by atoms with Crippen molar-refractivity contribution in [3.63, 3.8) is 0 Å². The fourth-order valence-corrected chi connectivity index (χ4v) is 3.43. The fourth-order valence-electron chi connectivity index (χ4n) is 3.43. The number of rotatable bonds is 10. The highest BCUT2D eigenvalue weighted by molar-refractivity contribution is 5.70. The molecule has 0 saturated carbocycles. The van der Waals surface area contributed by atoms with Crippen molar-refractivity contribution in [1.29, 1.82) is 0 Å². The molecule has 1 atom stereocenters. The van der Waals surface area contributed by atoms with E-state index in [0.717, 1.165) is 23.3 Å². The smallest absolute Gasteiger partial charge is 0.306 e. The van der Waals surface area contributed by atoms with Crippen LogP contribution in [0.3, 0.4) is 0 Å². The van der Waals surface area contributed by atoms with E-state index >= 15 is 0 Å². The summed E-state index contributed by atoms with van der Waals surface area (Å²) < 4.78 is 16.7. The van der Waals surface area contributed by atoms with Gasteiger partial charge in [0, 0.05) is 18.0 Å². The highest BCUT2D eigenvalue weighted by Crippen LogP contribution is 2.27. The first-order valence-electron chi connectivity index (χ1n) is 10.2. The molecule has 0 aliphatic carbocycles. The van der Waals surface area contributed by atoms with Gasteiger partial charge in [0.2, 0.25) is 5.88 Å². The molecule has 2 aromatic rings. The minimum atomic E-state index is -0.747. The first-order valence-corrected chi connectivity index (χ1v) is 10.2. The van der Waals surface area contributed by atoms with E-state index in [4.69, 9.17) is 19.3 Å². The number of carboxylic acid groups (broad SMARTS) is 1. The Labute approximate surface area is 176 Å². The quantitative estimate of drug-likeness (QED) is 0.635. The van der Waals surface area contributed by atoms with Gasteiger partial charge in [-0.15, -0.1) is 0 Å². The number of pyridine rings is 2. The Morgan fingerprint density at radius 2 is 2.10 bits per heavy atom. The lowest BCUT2D eigenvalue weighted by atomic mass is 9.97. The molecule has 1 aliphatic rings. The summed E-state index contributed by atoms with van der Waals surface area (Å²) in [5.74, 6) is 0.188. The predicted molar refractivity (Wildman–Crippen MR) is 113 cm³/mol. The van der Waals surface area contributed by atoms with Gasteiger partial charge < -0.3 is 19.3 Å². The number of carbonyl (C=O) groups is 1. The molecule has 0 bridgehead atoms. The predicted octanol–water partition coefficient (Wildman–Crippen LogP) is 3.78. The number of hydrogen-bond donors (Lipinski definition) is 1. The SMILES string of the molecule is CCC(CCc1ccc(OCC2=C(c3ccc(OC)nc3)CCOC2)cn1)C(=O)O. The topological polar surface area (TPSA) is 90.8 Å². The Kier molecular flexibility index (Phi) is 7.79. The maximum atomic E-state index is 11.1. The molecule has 3 rings (SSSR count). The number of nitrogens with zero attached hydrogens (tertiary/aromatic N) is 2. The molecule has 30 heavy (non-hydrogen) atoms. The van der Waals surface area contributed by atoms with Crippen LogP contribution in [0.2, 0.25) is 0 Å². The van der Waals surface area contributed by atoms with Crippen molar-refractivity contribution in [2.24, 2.45) is 5.92 Å². The summed E-state index contributed by atoms with van der Waals surface area (Å²) in [4.78, 5) is 19.8. The maximum Gasteiger partial charge on any atom is 0.306 e. The zero-order chi connectivity index (χ0) is 21.3. The molecule has 1 N–H and O–H groups in total. The van der Waals surface area contributed by atoms with Crippen molar-refractivity contribution in [1.82, 2.24) is 9.97 Å². The fraction of sp³-hybridized carbons (Fsp3) is 0.435. The van der Waals surface area contributed by atoms with E-state index in [2.05, 4.69) is 9.97 Å². The van der Waals surface area contributed by atoms with E-state index in [1.54, 1.807) is 13.3 Å². The third kappa shape index (κ3) is 5.79.